The lowest BCUT2D eigenvalue weighted by Gasteiger charge is -2.01. The molecule has 0 aliphatic rings. The molecule has 0 saturated heterocycles. The van der Waals surface area contributed by atoms with E-state index in [-0.39, 0.29) is 0 Å². The molecule has 0 radical (unpaired) electrons. The van der Waals surface area contributed by atoms with Crippen molar-refractivity contribution >= 4 is 17.1 Å². The Balaban J connectivity index is 2.82. The van der Waals surface area contributed by atoms with Crippen molar-refractivity contribution in [3.63, 3.8) is 0 Å². The Hall–Kier alpha value is -1.02. The zero-order valence-corrected chi connectivity index (χ0v) is 8.47. The topological polar surface area (TPSA) is 17.3 Å². The third kappa shape index (κ3) is 1.31. The zero-order valence-electron chi connectivity index (χ0n) is 7.71. The van der Waals surface area contributed by atoms with E-state index in [9.17, 15) is 0 Å². The number of imidazole rings is 1. The van der Waals surface area contributed by atoms with Crippen LogP contribution in [0.15, 0.2) is 18.5 Å². The summed E-state index contributed by atoms with van der Waals surface area (Å²) >= 11 is 5.97. The monoisotopic (exact) mass is 194 g/mol. The largest absolute Gasteiger partial charge is 0.303 e. The van der Waals surface area contributed by atoms with Gasteiger partial charge in [0.2, 0.25) is 0 Å². The van der Waals surface area contributed by atoms with Crippen molar-refractivity contribution in [3.8, 4) is 0 Å². The fourth-order valence-electron chi connectivity index (χ4n) is 1.54. The first kappa shape index (κ1) is 8.57. The number of nitrogens with zero attached hydrogens (tertiary/aromatic N) is 2. The summed E-state index contributed by atoms with van der Waals surface area (Å²) in [7, 11) is 0. The first-order chi connectivity index (χ1) is 6.22. The minimum absolute atomic E-state index is 0.778. The van der Waals surface area contributed by atoms with Crippen LogP contribution >= 0.6 is 11.6 Å². The lowest BCUT2D eigenvalue weighted by atomic mass is 10.2. The average molecular weight is 195 g/mol. The van der Waals surface area contributed by atoms with Gasteiger partial charge in [0.25, 0.3) is 0 Å². The number of halogens is 1. The molecule has 2 heterocycles. The van der Waals surface area contributed by atoms with E-state index in [1.54, 1.807) is 0 Å². The van der Waals surface area contributed by atoms with Gasteiger partial charge in [-0.3, -0.25) is 0 Å². The third-order valence-electron chi connectivity index (χ3n) is 2.22. The van der Waals surface area contributed by atoms with Gasteiger partial charge in [-0.2, -0.15) is 0 Å². The molecular formula is C10H11ClN2. The molecule has 0 aliphatic carbocycles. The Labute approximate surface area is 82.2 Å². The molecule has 0 saturated carbocycles. The summed E-state index contributed by atoms with van der Waals surface area (Å²) in [5, 5.41) is 0.778. The number of aromatic nitrogens is 2. The van der Waals surface area contributed by atoms with Gasteiger partial charge >= 0.3 is 0 Å². The van der Waals surface area contributed by atoms with Crippen LogP contribution in [0.3, 0.4) is 0 Å². The molecule has 0 N–H and O–H groups in total. The SMILES string of the molecule is CCc1ncn2c(C)cc(Cl)cc12. The lowest BCUT2D eigenvalue weighted by Crippen LogP contribution is -1.89. The highest BCUT2D eigenvalue weighted by atomic mass is 35.5. The Morgan fingerprint density at radius 1 is 1.46 bits per heavy atom. The molecule has 3 heteroatoms. The molecule has 0 unspecified atom stereocenters. The summed E-state index contributed by atoms with van der Waals surface area (Å²) in [6.07, 6.45) is 2.79. The zero-order chi connectivity index (χ0) is 9.42. The summed E-state index contributed by atoms with van der Waals surface area (Å²) in [6, 6.07) is 3.90. The van der Waals surface area contributed by atoms with Crippen molar-refractivity contribution in [1.29, 1.82) is 0 Å². The molecule has 0 spiro atoms. The average Bonchev–Trinajstić information content (AvgIpc) is 2.47. The number of hydrogen-bond acceptors (Lipinski definition) is 1. The van der Waals surface area contributed by atoms with Crippen LogP contribution < -0.4 is 0 Å². The van der Waals surface area contributed by atoms with E-state index in [4.69, 9.17) is 11.6 Å². The minimum Gasteiger partial charge on any atom is -0.303 e. The van der Waals surface area contributed by atoms with Crippen LogP contribution in [-0.4, -0.2) is 9.38 Å². The Kier molecular flexibility index (Phi) is 2.00. The summed E-state index contributed by atoms with van der Waals surface area (Å²) in [6.45, 7) is 4.12. The van der Waals surface area contributed by atoms with Crippen molar-refractivity contribution in [3.05, 3.63) is 34.9 Å². The quantitative estimate of drug-likeness (QED) is 0.683. The van der Waals surface area contributed by atoms with Crippen molar-refractivity contribution in [2.24, 2.45) is 0 Å². The second-order valence-electron chi connectivity index (χ2n) is 3.12. The molecule has 0 fully saturated rings. The first-order valence-corrected chi connectivity index (χ1v) is 4.72. The molecule has 0 bridgehead atoms. The summed E-state index contributed by atoms with van der Waals surface area (Å²) in [4.78, 5) is 4.32. The molecule has 13 heavy (non-hydrogen) atoms. The molecule has 2 aromatic heterocycles. The molecule has 0 aliphatic heterocycles. The van der Waals surface area contributed by atoms with E-state index in [0.717, 1.165) is 28.3 Å². The van der Waals surface area contributed by atoms with Crippen molar-refractivity contribution in [2.45, 2.75) is 20.3 Å². The molecule has 0 aromatic carbocycles. The van der Waals surface area contributed by atoms with Gasteiger partial charge in [0, 0.05) is 10.7 Å². The molecule has 68 valence electrons. The van der Waals surface area contributed by atoms with Gasteiger partial charge in [-0.1, -0.05) is 18.5 Å². The minimum atomic E-state index is 0.778. The molecule has 2 rings (SSSR count). The fourth-order valence-corrected chi connectivity index (χ4v) is 1.80. The van der Waals surface area contributed by atoms with Crippen molar-refractivity contribution in [1.82, 2.24) is 9.38 Å². The van der Waals surface area contributed by atoms with Crippen LogP contribution in [0, 0.1) is 6.92 Å². The molecular weight excluding hydrogens is 184 g/mol. The maximum absolute atomic E-state index is 5.97. The van der Waals surface area contributed by atoms with Crippen LogP contribution in [0.1, 0.15) is 18.3 Å². The molecule has 2 nitrogen and oxygen atoms in total. The van der Waals surface area contributed by atoms with Crippen LogP contribution in [0.2, 0.25) is 5.02 Å². The lowest BCUT2D eigenvalue weighted by molar-refractivity contribution is 1.06. The number of rotatable bonds is 1. The van der Waals surface area contributed by atoms with E-state index in [1.165, 1.54) is 0 Å². The maximum Gasteiger partial charge on any atom is 0.0997 e. The number of fused-ring (bicyclic) bond motifs is 1. The van der Waals surface area contributed by atoms with E-state index >= 15 is 0 Å². The van der Waals surface area contributed by atoms with Crippen molar-refractivity contribution < 1.29 is 0 Å². The number of hydrogen-bond donors (Lipinski definition) is 0. The van der Waals surface area contributed by atoms with Crippen LogP contribution in [0.25, 0.3) is 5.52 Å². The highest BCUT2D eigenvalue weighted by Crippen LogP contribution is 2.18. The number of pyridine rings is 1. The van der Waals surface area contributed by atoms with Gasteiger partial charge in [0.1, 0.15) is 0 Å². The standard InChI is InChI=1S/C10H11ClN2/c1-3-9-10-5-8(11)4-7(2)13(10)6-12-9/h4-6H,3H2,1-2H3. The number of aryl methyl sites for hydroxylation is 2. The van der Waals surface area contributed by atoms with Gasteiger partial charge in [-0.05, 0) is 25.5 Å². The van der Waals surface area contributed by atoms with Crippen LogP contribution in [-0.2, 0) is 6.42 Å². The smallest absolute Gasteiger partial charge is 0.0997 e. The van der Waals surface area contributed by atoms with E-state index < -0.39 is 0 Å². The predicted octanol–water partition coefficient (Wildman–Crippen LogP) is 2.86. The Morgan fingerprint density at radius 3 is 2.92 bits per heavy atom. The maximum atomic E-state index is 5.97. The van der Waals surface area contributed by atoms with Gasteiger partial charge in [-0.15, -0.1) is 0 Å². The van der Waals surface area contributed by atoms with Crippen LogP contribution in [0.5, 0.6) is 0 Å². The Bertz CT molecular complexity index is 445. The van der Waals surface area contributed by atoms with Crippen LogP contribution in [0.4, 0.5) is 0 Å². The molecule has 0 atom stereocenters. The van der Waals surface area contributed by atoms with E-state index in [1.807, 2.05) is 25.4 Å². The molecule has 0 amide bonds. The normalized spacial score (nSPS) is 11.0. The van der Waals surface area contributed by atoms with Crippen molar-refractivity contribution in [2.75, 3.05) is 0 Å². The van der Waals surface area contributed by atoms with E-state index in [0.29, 0.717) is 0 Å². The van der Waals surface area contributed by atoms with Gasteiger partial charge < -0.3 is 4.40 Å². The second-order valence-corrected chi connectivity index (χ2v) is 3.55. The summed E-state index contributed by atoms with van der Waals surface area (Å²) in [5.74, 6) is 0. The highest BCUT2D eigenvalue weighted by Gasteiger charge is 2.04. The second kappa shape index (κ2) is 3.04. The van der Waals surface area contributed by atoms with E-state index in [2.05, 4.69) is 16.3 Å². The highest BCUT2D eigenvalue weighted by molar-refractivity contribution is 6.31. The third-order valence-corrected chi connectivity index (χ3v) is 2.44. The predicted molar refractivity (Wildman–Crippen MR) is 54.3 cm³/mol. The van der Waals surface area contributed by atoms with Gasteiger partial charge in [0.05, 0.1) is 17.5 Å². The molecule has 2 aromatic rings. The van der Waals surface area contributed by atoms with Gasteiger partial charge in [-0.25, -0.2) is 4.98 Å². The Morgan fingerprint density at radius 2 is 2.23 bits per heavy atom. The first-order valence-electron chi connectivity index (χ1n) is 4.34. The summed E-state index contributed by atoms with van der Waals surface area (Å²) in [5.41, 5.74) is 3.34. The summed E-state index contributed by atoms with van der Waals surface area (Å²) < 4.78 is 2.06. The van der Waals surface area contributed by atoms with Gasteiger partial charge in [0.15, 0.2) is 0 Å². The fraction of sp³-hybridized carbons (Fsp3) is 0.300.